The summed E-state index contributed by atoms with van der Waals surface area (Å²) >= 11 is 1.74. The van der Waals surface area contributed by atoms with Crippen LogP contribution in [0.25, 0.3) is 0 Å². The highest BCUT2D eigenvalue weighted by Gasteiger charge is 2.34. The third-order valence-corrected chi connectivity index (χ3v) is 7.20. The molecule has 1 aromatic heterocycles. The molecule has 174 valence electrons. The molecule has 1 aliphatic heterocycles. The second-order valence-corrected chi connectivity index (χ2v) is 10.2. The van der Waals surface area contributed by atoms with E-state index in [-0.39, 0.29) is 30.3 Å². The SMILES string of the molecule is CC[C@@H](C)CN(CC(=O)N1CCc2sccc2[C@H]1COc1ccc(C)cc1)C(=O)C(C)C. The van der Waals surface area contributed by atoms with Crippen molar-refractivity contribution in [3.05, 3.63) is 51.7 Å². The molecule has 3 rings (SSSR count). The molecule has 0 radical (unpaired) electrons. The van der Waals surface area contributed by atoms with Gasteiger partial charge in [0.1, 0.15) is 12.4 Å². The van der Waals surface area contributed by atoms with Crippen LogP contribution in [0, 0.1) is 18.8 Å². The molecule has 0 fully saturated rings. The maximum atomic E-state index is 13.5. The van der Waals surface area contributed by atoms with Gasteiger partial charge < -0.3 is 14.5 Å². The monoisotopic (exact) mass is 456 g/mol. The summed E-state index contributed by atoms with van der Waals surface area (Å²) in [6, 6.07) is 9.96. The summed E-state index contributed by atoms with van der Waals surface area (Å²) in [5.41, 5.74) is 2.36. The average molecular weight is 457 g/mol. The third-order valence-electron chi connectivity index (χ3n) is 6.20. The lowest BCUT2D eigenvalue weighted by molar-refractivity contribution is -0.144. The zero-order valence-electron chi connectivity index (χ0n) is 20.0. The van der Waals surface area contributed by atoms with Gasteiger partial charge in [0.05, 0.1) is 12.6 Å². The number of hydrogen-bond donors (Lipinski definition) is 0. The first-order valence-corrected chi connectivity index (χ1v) is 12.5. The summed E-state index contributed by atoms with van der Waals surface area (Å²) in [5.74, 6) is 1.07. The minimum Gasteiger partial charge on any atom is -0.491 e. The summed E-state index contributed by atoms with van der Waals surface area (Å²) in [6.45, 7) is 11.9. The molecule has 6 heteroatoms. The zero-order valence-corrected chi connectivity index (χ0v) is 20.8. The average Bonchev–Trinajstić information content (AvgIpc) is 3.26. The number of carbonyl (C=O) groups excluding carboxylic acids is 2. The Kier molecular flexibility index (Phi) is 8.35. The normalized spacial score (nSPS) is 16.6. The van der Waals surface area contributed by atoms with Crippen molar-refractivity contribution in [2.75, 3.05) is 26.2 Å². The van der Waals surface area contributed by atoms with Gasteiger partial charge >= 0.3 is 0 Å². The van der Waals surface area contributed by atoms with Crippen molar-refractivity contribution < 1.29 is 14.3 Å². The highest BCUT2D eigenvalue weighted by Crippen LogP contribution is 2.34. The van der Waals surface area contributed by atoms with Crippen molar-refractivity contribution in [1.82, 2.24) is 9.80 Å². The van der Waals surface area contributed by atoms with Crippen LogP contribution < -0.4 is 4.74 Å². The summed E-state index contributed by atoms with van der Waals surface area (Å²) in [7, 11) is 0. The number of rotatable bonds is 9. The van der Waals surface area contributed by atoms with Gasteiger partial charge in [0.25, 0.3) is 0 Å². The number of hydrogen-bond acceptors (Lipinski definition) is 4. The number of amides is 2. The van der Waals surface area contributed by atoms with Crippen molar-refractivity contribution >= 4 is 23.2 Å². The molecule has 5 nitrogen and oxygen atoms in total. The van der Waals surface area contributed by atoms with E-state index in [2.05, 4.69) is 25.3 Å². The molecule has 1 aromatic carbocycles. The number of carbonyl (C=O) groups is 2. The molecular weight excluding hydrogens is 420 g/mol. The summed E-state index contributed by atoms with van der Waals surface area (Å²) in [4.78, 5) is 31.3. The minimum absolute atomic E-state index is 0.00309. The van der Waals surface area contributed by atoms with Crippen LogP contribution in [-0.2, 0) is 16.0 Å². The summed E-state index contributed by atoms with van der Waals surface area (Å²) < 4.78 is 6.11. The summed E-state index contributed by atoms with van der Waals surface area (Å²) in [6.07, 6.45) is 1.83. The van der Waals surface area contributed by atoms with E-state index < -0.39 is 0 Å². The molecule has 0 saturated carbocycles. The van der Waals surface area contributed by atoms with Gasteiger partial charge in [0, 0.05) is 23.9 Å². The first-order chi connectivity index (χ1) is 15.3. The second kappa shape index (κ2) is 11.0. The number of ether oxygens (including phenoxy) is 1. The molecule has 0 saturated heterocycles. The Labute approximate surface area is 196 Å². The van der Waals surface area contributed by atoms with E-state index in [1.165, 1.54) is 16.0 Å². The fourth-order valence-electron chi connectivity index (χ4n) is 4.04. The quantitative estimate of drug-likeness (QED) is 0.528. The van der Waals surface area contributed by atoms with Gasteiger partial charge in [-0.25, -0.2) is 0 Å². The van der Waals surface area contributed by atoms with E-state index in [0.717, 1.165) is 18.6 Å². The number of aryl methyl sites for hydroxylation is 1. The maximum Gasteiger partial charge on any atom is 0.242 e. The van der Waals surface area contributed by atoms with Gasteiger partial charge in [-0.15, -0.1) is 11.3 Å². The molecule has 0 bridgehead atoms. The molecular formula is C26H36N2O3S. The highest BCUT2D eigenvalue weighted by molar-refractivity contribution is 7.10. The van der Waals surface area contributed by atoms with E-state index in [1.54, 1.807) is 16.2 Å². The Bertz CT molecular complexity index is 906. The van der Waals surface area contributed by atoms with Crippen molar-refractivity contribution in [3.8, 4) is 5.75 Å². The topological polar surface area (TPSA) is 49.9 Å². The Morgan fingerprint density at radius 2 is 1.91 bits per heavy atom. The van der Waals surface area contributed by atoms with Crippen LogP contribution in [0.1, 0.15) is 56.2 Å². The molecule has 2 amide bonds. The van der Waals surface area contributed by atoms with Crippen molar-refractivity contribution in [1.29, 1.82) is 0 Å². The molecule has 2 heterocycles. The van der Waals surface area contributed by atoms with Crippen molar-refractivity contribution in [2.24, 2.45) is 11.8 Å². The standard InChI is InChI=1S/C26H36N2O3S/c1-6-19(4)15-27(26(30)18(2)3)16-25(29)28-13-11-24-22(12-14-32-24)23(28)17-31-21-9-7-20(5)8-10-21/h7-10,12,14,18-19,23H,6,11,13,15-17H2,1-5H3/t19-,23-/m1/s1. The minimum atomic E-state index is -0.140. The van der Waals surface area contributed by atoms with Gasteiger partial charge in [-0.05, 0) is 48.4 Å². The Morgan fingerprint density at radius 3 is 2.56 bits per heavy atom. The molecule has 0 aliphatic carbocycles. The number of nitrogens with zero attached hydrogens (tertiary/aromatic N) is 2. The summed E-state index contributed by atoms with van der Waals surface area (Å²) in [5, 5.41) is 2.09. The second-order valence-electron chi connectivity index (χ2n) is 9.16. The molecule has 0 spiro atoms. The fourth-order valence-corrected chi connectivity index (χ4v) is 4.97. The molecule has 2 aromatic rings. The first-order valence-electron chi connectivity index (χ1n) is 11.6. The lowest BCUT2D eigenvalue weighted by atomic mass is 10.00. The van der Waals surface area contributed by atoms with Gasteiger partial charge in [-0.3, -0.25) is 9.59 Å². The van der Waals surface area contributed by atoms with Gasteiger partial charge in [-0.2, -0.15) is 0 Å². The van der Waals surface area contributed by atoms with E-state index in [1.807, 2.05) is 49.9 Å². The Morgan fingerprint density at radius 1 is 1.19 bits per heavy atom. The molecule has 2 atom stereocenters. The third kappa shape index (κ3) is 5.91. The zero-order chi connectivity index (χ0) is 23.3. The first kappa shape index (κ1) is 24.3. The Hall–Kier alpha value is -2.34. The molecule has 0 unspecified atom stereocenters. The number of benzene rings is 1. The lowest BCUT2D eigenvalue weighted by Gasteiger charge is -2.37. The van der Waals surface area contributed by atoms with Crippen LogP contribution in [0.5, 0.6) is 5.75 Å². The van der Waals surface area contributed by atoms with Crippen LogP contribution in [-0.4, -0.2) is 47.9 Å². The fraction of sp³-hybridized carbons (Fsp3) is 0.538. The van der Waals surface area contributed by atoms with Crippen LogP contribution in [0.3, 0.4) is 0 Å². The number of thiophene rings is 1. The smallest absolute Gasteiger partial charge is 0.242 e. The molecule has 32 heavy (non-hydrogen) atoms. The molecule has 1 aliphatic rings. The van der Waals surface area contributed by atoms with Gasteiger partial charge in [0.2, 0.25) is 11.8 Å². The van der Waals surface area contributed by atoms with E-state index in [4.69, 9.17) is 4.74 Å². The highest BCUT2D eigenvalue weighted by atomic mass is 32.1. The lowest BCUT2D eigenvalue weighted by Crippen LogP contribution is -2.49. The van der Waals surface area contributed by atoms with Gasteiger partial charge in [-0.1, -0.05) is 51.8 Å². The van der Waals surface area contributed by atoms with Crippen LogP contribution >= 0.6 is 11.3 Å². The van der Waals surface area contributed by atoms with Crippen molar-refractivity contribution in [2.45, 2.75) is 53.5 Å². The van der Waals surface area contributed by atoms with Crippen LogP contribution in [0.2, 0.25) is 0 Å². The predicted molar refractivity (Wildman–Crippen MR) is 130 cm³/mol. The predicted octanol–water partition coefficient (Wildman–Crippen LogP) is 5.09. The van der Waals surface area contributed by atoms with Crippen LogP contribution in [0.15, 0.2) is 35.7 Å². The molecule has 0 N–H and O–H groups in total. The largest absolute Gasteiger partial charge is 0.491 e. The van der Waals surface area contributed by atoms with Crippen molar-refractivity contribution in [3.63, 3.8) is 0 Å². The maximum absolute atomic E-state index is 13.5. The van der Waals surface area contributed by atoms with Crippen LogP contribution in [0.4, 0.5) is 0 Å². The van der Waals surface area contributed by atoms with Gasteiger partial charge in [0.15, 0.2) is 0 Å². The number of fused-ring (bicyclic) bond motifs is 1. The van der Waals surface area contributed by atoms with E-state index in [0.29, 0.717) is 25.6 Å². The van der Waals surface area contributed by atoms with E-state index in [9.17, 15) is 9.59 Å². The van der Waals surface area contributed by atoms with E-state index >= 15 is 0 Å². The Balaban J connectivity index is 1.77.